The van der Waals surface area contributed by atoms with Crippen molar-refractivity contribution in [3.63, 3.8) is 0 Å². The lowest BCUT2D eigenvalue weighted by Crippen LogP contribution is -2.42. The summed E-state index contributed by atoms with van der Waals surface area (Å²) < 4.78 is 5.56. The first kappa shape index (κ1) is 21.6. The highest BCUT2D eigenvalue weighted by molar-refractivity contribution is 7.13. The van der Waals surface area contributed by atoms with Crippen molar-refractivity contribution in [3.8, 4) is 5.06 Å². The normalized spacial score (nSPS) is 14.9. The Morgan fingerprint density at radius 3 is 2.65 bits per heavy atom. The summed E-state index contributed by atoms with van der Waals surface area (Å²) in [5.41, 5.74) is 2.87. The summed E-state index contributed by atoms with van der Waals surface area (Å²) >= 11 is 1.54. The number of anilines is 2. The quantitative estimate of drug-likeness (QED) is 0.616. The van der Waals surface area contributed by atoms with Crippen LogP contribution in [-0.4, -0.2) is 55.6 Å². The molecule has 1 aliphatic rings. The molecule has 31 heavy (non-hydrogen) atoms. The van der Waals surface area contributed by atoms with Crippen LogP contribution in [0.2, 0.25) is 0 Å². The van der Waals surface area contributed by atoms with Gasteiger partial charge in [-0.2, -0.15) is 0 Å². The van der Waals surface area contributed by atoms with Gasteiger partial charge in [0.2, 0.25) is 0 Å². The number of nitrogens with one attached hydrogen (secondary N) is 1. The van der Waals surface area contributed by atoms with Crippen LogP contribution in [0, 0.1) is 13.8 Å². The van der Waals surface area contributed by atoms with E-state index in [0.29, 0.717) is 6.04 Å². The van der Waals surface area contributed by atoms with Crippen LogP contribution in [0.1, 0.15) is 23.3 Å². The molecule has 6 nitrogen and oxygen atoms in total. The number of thiophene rings is 1. The van der Waals surface area contributed by atoms with Crippen molar-refractivity contribution in [1.29, 1.82) is 0 Å². The number of amides is 1. The summed E-state index contributed by atoms with van der Waals surface area (Å²) in [7, 11) is 4.31. The number of aryl methyl sites for hydroxylation is 2. The second-order valence-corrected chi connectivity index (χ2v) is 9.66. The van der Waals surface area contributed by atoms with Crippen LogP contribution < -0.4 is 15.0 Å². The Bertz CT molecular complexity index is 1070. The largest absolute Gasteiger partial charge is 0.474 e. The number of rotatable bonds is 6. The lowest BCUT2D eigenvalue weighted by Gasteiger charge is -2.36. The number of hydrogen-bond acceptors (Lipinski definition) is 6. The molecule has 7 heteroatoms. The average Bonchev–Trinajstić information content (AvgIpc) is 3.18. The molecule has 1 fully saturated rings. The van der Waals surface area contributed by atoms with E-state index in [1.807, 2.05) is 37.3 Å². The fraction of sp³-hybridized carbons (Fsp3) is 0.417. The molecule has 0 saturated carbocycles. The zero-order chi connectivity index (χ0) is 22.0. The Morgan fingerprint density at radius 2 is 1.97 bits per heavy atom. The SMILES string of the molecule is Cc1ccc(OCC(=O)Nc2ccc3nc(N4CCC(N(C)C)CC4)cc(C)c3c2)s1. The van der Waals surface area contributed by atoms with Gasteiger partial charge in [-0.25, -0.2) is 4.98 Å². The Kier molecular flexibility index (Phi) is 6.43. The zero-order valence-electron chi connectivity index (χ0n) is 18.6. The summed E-state index contributed by atoms with van der Waals surface area (Å²) in [4.78, 5) is 23.1. The first-order valence-electron chi connectivity index (χ1n) is 10.7. The highest BCUT2D eigenvalue weighted by Gasteiger charge is 2.22. The number of nitrogens with zero attached hydrogens (tertiary/aromatic N) is 3. The molecule has 164 valence electrons. The van der Waals surface area contributed by atoms with E-state index in [4.69, 9.17) is 9.72 Å². The van der Waals surface area contributed by atoms with Crippen molar-refractivity contribution in [2.24, 2.45) is 0 Å². The van der Waals surface area contributed by atoms with Gasteiger partial charge in [-0.1, -0.05) is 0 Å². The van der Waals surface area contributed by atoms with E-state index in [1.54, 1.807) is 0 Å². The highest BCUT2D eigenvalue weighted by Crippen LogP contribution is 2.28. The molecule has 0 atom stereocenters. The van der Waals surface area contributed by atoms with Crippen LogP contribution in [-0.2, 0) is 4.79 Å². The molecule has 1 aromatic carbocycles. The van der Waals surface area contributed by atoms with E-state index in [0.717, 1.165) is 63.8 Å². The molecular weight excluding hydrogens is 408 g/mol. The third-order valence-electron chi connectivity index (χ3n) is 5.87. The Morgan fingerprint density at radius 1 is 1.19 bits per heavy atom. The molecule has 4 rings (SSSR count). The summed E-state index contributed by atoms with van der Waals surface area (Å²) in [5, 5.41) is 4.74. The number of piperidine rings is 1. The monoisotopic (exact) mass is 438 g/mol. The maximum atomic E-state index is 12.3. The Balaban J connectivity index is 1.42. The van der Waals surface area contributed by atoms with Gasteiger partial charge in [-0.3, -0.25) is 4.79 Å². The van der Waals surface area contributed by atoms with Gasteiger partial charge in [0.05, 0.1) is 5.52 Å². The molecule has 1 saturated heterocycles. The zero-order valence-corrected chi connectivity index (χ0v) is 19.5. The molecule has 1 amide bonds. The number of pyridine rings is 1. The van der Waals surface area contributed by atoms with Crippen LogP contribution in [0.15, 0.2) is 36.4 Å². The fourth-order valence-corrected chi connectivity index (χ4v) is 4.76. The molecule has 2 aromatic heterocycles. The van der Waals surface area contributed by atoms with Gasteiger partial charge >= 0.3 is 0 Å². The minimum Gasteiger partial charge on any atom is -0.474 e. The van der Waals surface area contributed by atoms with Crippen LogP contribution in [0.4, 0.5) is 11.5 Å². The Labute approximate surface area is 187 Å². The van der Waals surface area contributed by atoms with Gasteiger partial charge in [-0.15, -0.1) is 11.3 Å². The summed E-state index contributed by atoms with van der Waals surface area (Å²) in [6, 6.07) is 12.6. The van der Waals surface area contributed by atoms with Crippen molar-refractivity contribution in [2.75, 3.05) is 44.0 Å². The summed E-state index contributed by atoms with van der Waals surface area (Å²) in [6.45, 7) is 6.17. The lowest BCUT2D eigenvalue weighted by atomic mass is 10.0. The van der Waals surface area contributed by atoms with Gasteiger partial charge in [0.25, 0.3) is 5.91 Å². The van der Waals surface area contributed by atoms with Gasteiger partial charge in [0.15, 0.2) is 11.7 Å². The number of hydrogen-bond donors (Lipinski definition) is 1. The van der Waals surface area contributed by atoms with Crippen LogP contribution >= 0.6 is 11.3 Å². The van der Waals surface area contributed by atoms with E-state index in [9.17, 15) is 4.79 Å². The van der Waals surface area contributed by atoms with Crippen LogP contribution in [0.25, 0.3) is 10.9 Å². The number of carbonyl (C=O) groups is 1. The van der Waals surface area contributed by atoms with Gasteiger partial charge in [0, 0.05) is 35.1 Å². The highest BCUT2D eigenvalue weighted by atomic mass is 32.1. The molecule has 1 aliphatic heterocycles. The standard InChI is InChI=1S/C24H30N4O2S/c1-16-13-22(28-11-9-19(10-12-28)27(3)4)26-21-7-6-18(14-20(16)21)25-23(29)15-30-24-8-5-17(2)31-24/h5-8,13-14,19H,9-12,15H2,1-4H3,(H,25,29). The van der Waals surface area contributed by atoms with E-state index in [-0.39, 0.29) is 12.5 Å². The first-order valence-corrected chi connectivity index (χ1v) is 11.5. The van der Waals surface area contributed by atoms with Crippen molar-refractivity contribution in [1.82, 2.24) is 9.88 Å². The molecule has 0 spiro atoms. The van der Waals surface area contributed by atoms with E-state index < -0.39 is 0 Å². The minimum atomic E-state index is -0.170. The molecule has 3 heterocycles. The van der Waals surface area contributed by atoms with Crippen LogP contribution in [0.3, 0.4) is 0 Å². The maximum Gasteiger partial charge on any atom is 0.262 e. The molecule has 1 N–H and O–H groups in total. The topological polar surface area (TPSA) is 57.7 Å². The number of ether oxygens (including phenoxy) is 1. The molecule has 0 aliphatic carbocycles. The second-order valence-electron chi connectivity index (χ2n) is 8.41. The second kappa shape index (κ2) is 9.24. The van der Waals surface area contributed by atoms with Gasteiger partial charge in [-0.05, 0) is 82.7 Å². The predicted molar refractivity (Wildman–Crippen MR) is 129 cm³/mol. The third kappa shape index (κ3) is 5.17. The molecule has 0 unspecified atom stereocenters. The van der Waals surface area contributed by atoms with Gasteiger partial charge in [0.1, 0.15) is 5.82 Å². The smallest absolute Gasteiger partial charge is 0.262 e. The third-order valence-corrected chi connectivity index (χ3v) is 6.78. The fourth-order valence-electron chi connectivity index (χ4n) is 4.05. The van der Waals surface area contributed by atoms with Crippen molar-refractivity contribution in [2.45, 2.75) is 32.7 Å². The van der Waals surface area contributed by atoms with E-state index in [2.05, 4.69) is 42.2 Å². The first-order chi connectivity index (χ1) is 14.9. The summed E-state index contributed by atoms with van der Waals surface area (Å²) in [6.07, 6.45) is 2.31. The predicted octanol–water partition coefficient (Wildman–Crippen LogP) is 4.46. The molecule has 3 aromatic rings. The van der Waals surface area contributed by atoms with Crippen LogP contribution in [0.5, 0.6) is 5.06 Å². The van der Waals surface area contributed by atoms with Crippen molar-refractivity contribution >= 4 is 39.7 Å². The number of benzene rings is 1. The molecular formula is C24H30N4O2S. The average molecular weight is 439 g/mol. The number of carbonyl (C=O) groups excluding carboxylic acids is 1. The lowest BCUT2D eigenvalue weighted by molar-refractivity contribution is -0.118. The van der Waals surface area contributed by atoms with Crippen molar-refractivity contribution < 1.29 is 9.53 Å². The minimum absolute atomic E-state index is 0.00291. The Hall–Kier alpha value is -2.64. The maximum absolute atomic E-state index is 12.3. The number of fused-ring (bicyclic) bond motifs is 1. The molecule has 0 bridgehead atoms. The van der Waals surface area contributed by atoms with E-state index in [1.165, 1.54) is 11.3 Å². The number of aromatic nitrogens is 1. The molecule has 0 radical (unpaired) electrons. The summed E-state index contributed by atoms with van der Waals surface area (Å²) in [5.74, 6) is 0.870. The van der Waals surface area contributed by atoms with Crippen molar-refractivity contribution in [3.05, 3.63) is 46.8 Å². The van der Waals surface area contributed by atoms with Gasteiger partial charge < -0.3 is 19.9 Å². The van der Waals surface area contributed by atoms with E-state index >= 15 is 0 Å².